The monoisotopic (exact) mass is 284 g/mol. The van der Waals surface area contributed by atoms with Crippen LogP contribution in [-0.4, -0.2) is 37.2 Å². The molecule has 112 valence electrons. The van der Waals surface area contributed by atoms with Gasteiger partial charge in [0.25, 0.3) is 0 Å². The van der Waals surface area contributed by atoms with Gasteiger partial charge in [0.15, 0.2) is 6.61 Å². The number of esters is 3. The van der Waals surface area contributed by atoms with Crippen LogP contribution in [-0.2, 0) is 28.6 Å². The predicted molar refractivity (Wildman–Crippen MR) is 69.7 cm³/mol. The van der Waals surface area contributed by atoms with Gasteiger partial charge in [-0.3, -0.25) is 0 Å². The zero-order valence-corrected chi connectivity index (χ0v) is 11.6. The van der Waals surface area contributed by atoms with Gasteiger partial charge in [-0.25, -0.2) is 14.4 Å². The molecular formula is C14H20O6. The van der Waals surface area contributed by atoms with Crippen LogP contribution < -0.4 is 0 Å². The summed E-state index contributed by atoms with van der Waals surface area (Å²) >= 11 is 0. The first-order valence-corrected chi connectivity index (χ1v) is 6.83. The highest BCUT2D eigenvalue weighted by Crippen LogP contribution is 2.20. The SMILES string of the molecule is CCOC(=O)COC(=O)/C=C/C(=O)OC1CCCCC1. The van der Waals surface area contributed by atoms with E-state index in [4.69, 9.17) is 4.74 Å². The summed E-state index contributed by atoms with van der Waals surface area (Å²) in [7, 11) is 0. The first-order valence-electron chi connectivity index (χ1n) is 6.83. The Bertz CT molecular complexity index is 368. The van der Waals surface area contributed by atoms with Crippen LogP contribution in [0.25, 0.3) is 0 Å². The number of rotatable bonds is 6. The normalized spacial score (nSPS) is 15.8. The van der Waals surface area contributed by atoms with Gasteiger partial charge in [-0.2, -0.15) is 0 Å². The minimum absolute atomic E-state index is 0.0588. The van der Waals surface area contributed by atoms with E-state index < -0.39 is 24.5 Å². The van der Waals surface area contributed by atoms with E-state index in [1.807, 2.05) is 0 Å². The molecule has 1 saturated carbocycles. The molecular weight excluding hydrogens is 264 g/mol. The second-order valence-corrected chi connectivity index (χ2v) is 4.44. The van der Waals surface area contributed by atoms with Crippen molar-refractivity contribution in [1.82, 2.24) is 0 Å². The van der Waals surface area contributed by atoms with Crippen LogP contribution >= 0.6 is 0 Å². The van der Waals surface area contributed by atoms with Crippen LogP contribution in [0.1, 0.15) is 39.0 Å². The molecule has 0 N–H and O–H groups in total. The van der Waals surface area contributed by atoms with E-state index in [0.717, 1.165) is 37.8 Å². The molecule has 0 aromatic heterocycles. The third kappa shape index (κ3) is 6.92. The number of carbonyl (C=O) groups is 3. The highest BCUT2D eigenvalue weighted by Gasteiger charge is 2.16. The van der Waals surface area contributed by atoms with Crippen LogP contribution in [0.4, 0.5) is 0 Å². The van der Waals surface area contributed by atoms with Crippen molar-refractivity contribution in [3.8, 4) is 0 Å². The van der Waals surface area contributed by atoms with Crippen molar-refractivity contribution in [3.63, 3.8) is 0 Å². The molecule has 0 bridgehead atoms. The topological polar surface area (TPSA) is 78.9 Å². The molecule has 1 aliphatic rings. The van der Waals surface area contributed by atoms with E-state index in [9.17, 15) is 14.4 Å². The molecule has 1 aliphatic carbocycles. The molecule has 0 heterocycles. The van der Waals surface area contributed by atoms with E-state index in [1.165, 1.54) is 6.42 Å². The minimum atomic E-state index is -0.779. The van der Waals surface area contributed by atoms with Crippen molar-refractivity contribution in [2.24, 2.45) is 0 Å². The Morgan fingerprint density at radius 3 is 2.30 bits per heavy atom. The van der Waals surface area contributed by atoms with Gasteiger partial charge in [-0.05, 0) is 32.6 Å². The highest BCUT2D eigenvalue weighted by molar-refractivity contribution is 5.92. The summed E-state index contributed by atoms with van der Waals surface area (Å²) in [5.74, 6) is -1.97. The molecule has 0 radical (unpaired) electrons. The van der Waals surface area contributed by atoms with Gasteiger partial charge >= 0.3 is 17.9 Å². The van der Waals surface area contributed by atoms with Crippen LogP contribution in [0.15, 0.2) is 12.2 Å². The van der Waals surface area contributed by atoms with Crippen molar-refractivity contribution in [2.45, 2.75) is 45.1 Å². The van der Waals surface area contributed by atoms with E-state index in [-0.39, 0.29) is 12.7 Å². The van der Waals surface area contributed by atoms with Gasteiger partial charge in [0.2, 0.25) is 0 Å². The van der Waals surface area contributed by atoms with E-state index >= 15 is 0 Å². The van der Waals surface area contributed by atoms with Crippen molar-refractivity contribution in [2.75, 3.05) is 13.2 Å². The summed E-state index contributed by atoms with van der Waals surface area (Å²) in [6, 6.07) is 0. The Kier molecular flexibility index (Phi) is 7.39. The average Bonchev–Trinajstić information content (AvgIpc) is 2.44. The summed E-state index contributed by atoms with van der Waals surface area (Å²) in [6.07, 6.45) is 6.93. The van der Waals surface area contributed by atoms with Gasteiger partial charge < -0.3 is 14.2 Å². The average molecular weight is 284 g/mol. The molecule has 0 atom stereocenters. The number of ether oxygens (including phenoxy) is 3. The lowest BCUT2D eigenvalue weighted by Gasteiger charge is -2.20. The number of carbonyl (C=O) groups excluding carboxylic acids is 3. The Morgan fingerprint density at radius 2 is 1.65 bits per heavy atom. The lowest BCUT2D eigenvalue weighted by atomic mass is 9.98. The van der Waals surface area contributed by atoms with Gasteiger partial charge in [0.1, 0.15) is 6.10 Å². The Morgan fingerprint density at radius 1 is 1.00 bits per heavy atom. The van der Waals surface area contributed by atoms with Gasteiger partial charge in [-0.15, -0.1) is 0 Å². The zero-order chi connectivity index (χ0) is 14.8. The first-order chi connectivity index (χ1) is 9.61. The third-order valence-electron chi connectivity index (χ3n) is 2.83. The van der Waals surface area contributed by atoms with Crippen LogP contribution in [0.2, 0.25) is 0 Å². The summed E-state index contributed by atoms with van der Waals surface area (Å²) in [6.45, 7) is 1.41. The molecule has 1 rings (SSSR count). The smallest absolute Gasteiger partial charge is 0.344 e. The summed E-state index contributed by atoms with van der Waals surface area (Å²) in [5.41, 5.74) is 0. The maximum absolute atomic E-state index is 11.4. The molecule has 0 amide bonds. The fourth-order valence-electron chi connectivity index (χ4n) is 1.90. The lowest BCUT2D eigenvalue weighted by Crippen LogP contribution is -2.20. The summed E-state index contributed by atoms with van der Waals surface area (Å²) in [5, 5.41) is 0. The molecule has 6 heteroatoms. The lowest BCUT2D eigenvalue weighted by molar-refractivity contribution is -0.155. The maximum atomic E-state index is 11.4. The third-order valence-corrected chi connectivity index (χ3v) is 2.83. The zero-order valence-electron chi connectivity index (χ0n) is 11.6. The fourth-order valence-corrected chi connectivity index (χ4v) is 1.90. The molecule has 0 saturated heterocycles. The Hall–Kier alpha value is -1.85. The highest BCUT2D eigenvalue weighted by atomic mass is 16.6. The second kappa shape index (κ2) is 9.12. The minimum Gasteiger partial charge on any atom is -0.463 e. The molecule has 0 spiro atoms. The molecule has 6 nitrogen and oxygen atoms in total. The Balaban J connectivity index is 2.22. The largest absolute Gasteiger partial charge is 0.463 e. The molecule has 0 aliphatic heterocycles. The second-order valence-electron chi connectivity index (χ2n) is 4.44. The van der Waals surface area contributed by atoms with Crippen LogP contribution in [0.3, 0.4) is 0 Å². The quantitative estimate of drug-likeness (QED) is 0.418. The van der Waals surface area contributed by atoms with E-state index in [2.05, 4.69) is 9.47 Å². The standard InChI is InChI=1S/C14H20O6/c1-2-18-14(17)10-19-12(15)8-9-13(16)20-11-6-4-3-5-7-11/h8-9,11H,2-7,10H2,1H3/b9-8+. The first kappa shape index (κ1) is 16.2. The molecule has 0 unspecified atom stereocenters. The fraction of sp³-hybridized carbons (Fsp3) is 0.643. The molecule has 0 aromatic rings. The molecule has 0 aromatic carbocycles. The van der Waals surface area contributed by atoms with Crippen molar-refractivity contribution >= 4 is 17.9 Å². The number of hydrogen-bond donors (Lipinski definition) is 0. The van der Waals surface area contributed by atoms with E-state index in [1.54, 1.807) is 6.92 Å². The number of hydrogen-bond acceptors (Lipinski definition) is 6. The van der Waals surface area contributed by atoms with Crippen molar-refractivity contribution < 1.29 is 28.6 Å². The maximum Gasteiger partial charge on any atom is 0.344 e. The van der Waals surface area contributed by atoms with Crippen molar-refractivity contribution in [1.29, 1.82) is 0 Å². The van der Waals surface area contributed by atoms with E-state index in [0.29, 0.717) is 0 Å². The van der Waals surface area contributed by atoms with Gasteiger partial charge in [0.05, 0.1) is 6.61 Å². The molecule has 20 heavy (non-hydrogen) atoms. The molecule has 1 fully saturated rings. The van der Waals surface area contributed by atoms with Gasteiger partial charge in [-0.1, -0.05) is 6.42 Å². The van der Waals surface area contributed by atoms with Gasteiger partial charge in [0, 0.05) is 12.2 Å². The summed E-state index contributed by atoms with van der Waals surface area (Å²) < 4.78 is 14.4. The van der Waals surface area contributed by atoms with Crippen LogP contribution in [0.5, 0.6) is 0 Å². The predicted octanol–water partition coefficient (Wildman–Crippen LogP) is 1.52. The Labute approximate surface area is 118 Å². The van der Waals surface area contributed by atoms with Crippen molar-refractivity contribution in [3.05, 3.63) is 12.2 Å². The summed E-state index contributed by atoms with van der Waals surface area (Å²) in [4.78, 5) is 33.6. The van der Waals surface area contributed by atoms with Crippen LogP contribution in [0, 0.1) is 0 Å².